The number of hydrogen-bond donors (Lipinski definition) is 3. The number of sulfonamides is 1. The van der Waals surface area contributed by atoms with Crippen LogP contribution in [0.5, 0.6) is 5.75 Å². The number of carbonyl (C=O) groups is 2. The smallest absolute Gasteiger partial charge is 0.323 e. The summed E-state index contributed by atoms with van der Waals surface area (Å²) in [6, 6.07) is 17.0. The first-order valence-corrected chi connectivity index (χ1v) is 15.6. The number of hydrogen-bond acceptors (Lipinski definition) is 7. The second-order valence-electron chi connectivity index (χ2n) is 11.1. The minimum atomic E-state index is -3.90. The predicted octanol–water partition coefficient (Wildman–Crippen LogP) is 3.76. The summed E-state index contributed by atoms with van der Waals surface area (Å²) in [5, 5.41) is 17.4. The maximum atomic E-state index is 13.8. The van der Waals surface area contributed by atoms with E-state index in [9.17, 15) is 23.1 Å². The molecular weight excluding hydrogens is 584 g/mol. The molecule has 0 bridgehead atoms. The van der Waals surface area contributed by atoms with E-state index < -0.39 is 28.2 Å². The van der Waals surface area contributed by atoms with Crippen LogP contribution in [0.4, 0.5) is 16.2 Å². The van der Waals surface area contributed by atoms with Gasteiger partial charge in [0.05, 0.1) is 36.8 Å². The predicted molar refractivity (Wildman–Crippen MR) is 167 cm³/mol. The molecule has 13 heteroatoms. The van der Waals surface area contributed by atoms with Gasteiger partial charge in [-0.1, -0.05) is 43.3 Å². The highest BCUT2D eigenvalue weighted by Gasteiger charge is 2.35. The molecule has 0 saturated carbocycles. The molecule has 1 aliphatic heterocycles. The van der Waals surface area contributed by atoms with Crippen molar-refractivity contribution in [2.45, 2.75) is 31.0 Å². The Labute approximate surface area is 256 Å². The Morgan fingerprint density at radius 3 is 2.64 bits per heavy atom. The van der Waals surface area contributed by atoms with Crippen LogP contribution in [0, 0.1) is 5.92 Å². The Kier molecular flexibility index (Phi) is 8.90. The van der Waals surface area contributed by atoms with Crippen molar-refractivity contribution in [3.63, 3.8) is 0 Å². The Morgan fingerprint density at radius 1 is 1.16 bits per heavy atom. The molecule has 4 aromatic rings. The lowest BCUT2D eigenvalue weighted by Gasteiger charge is -2.38. The van der Waals surface area contributed by atoms with Gasteiger partial charge in [-0.3, -0.25) is 4.79 Å². The van der Waals surface area contributed by atoms with Crippen molar-refractivity contribution in [2.24, 2.45) is 13.0 Å². The number of likely N-dealkylation sites (N-methyl/N-ethyl adjacent to an activating group) is 1. The van der Waals surface area contributed by atoms with Gasteiger partial charge in [0.1, 0.15) is 11.9 Å². The first-order chi connectivity index (χ1) is 21.0. The fourth-order valence-corrected chi connectivity index (χ4v) is 6.31. The van der Waals surface area contributed by atoms with Crippen molar-refractivity contribution in [3.05, 3.63) is 78.8 Å². The Balaban J connectivity index is 1.41. The Bertz CT molecular complexity index is 1790. The number of amides is 3. The van der Waals surface area contributed by atoms with Gasteiger partial charge in [0, 0.05) is 43.8 Å². The van der Waals surface area contributed by atoms with Crippen LogP contribution in [0.25, 0.3) is 10.8 Å². The van der Waals surface area contributed by atoms with Gasteiger partial charge in [-0.2, -0.15) is 4.31 Å². The zero-order valence-electron chi connectivity index (χ0n) is 25.0. The molecule has 0 radical (unpaired) electrons. The number of urea groups is 1. The van der Waals surface area contributed by atoms with E-state index >= 15 is 0 Å². The zero-order chi connectivity index (χ0) is 31.6. The number of benzene rings is 3. The lowest BCUT2D eigenvalue weighted by atomic mass is 9.99. The monoisotopic (exact) mass is 620 g/mol. The Morgan fingerprint density at radius 2 is 1.91 bits per heavy atom. The van der Waals surface area contributed by atoms with Crippen LogP contribution in [-0.4, -0.2) is 83.1 Å². The third-order valence-corrected chi connectivity index (χ3v) is 9.46. The number of ether oxygens (including phenoxy) is 1. The summed E-state index contributed by atoms with van der Waals surface area (Å²) < 4.78 is 35.5. The van der Waals surface area contributed by atoms with Gasteiger partial charge in [-0.25, -0.2) is 18.2 Å². The van der Waals surface area contributed by atoms with E-state index in [1.165, 1.54) is 29.9 Å². The molecule has 0 spiro atoms. The molecule has 3 N–H and O–H groups in total. The van der Waals surface area contributed by atoms with Crippen molar-refractivity contribution >= 4 is 44.1 Å². The number of imidazole rings is 1. The van der Waals surface area contributed by atoms with E-state index in [1.807, 2.05) is 43.3 Å². The highest BCUT2D eigenvalue weighted by Crippen LogP contribution is 2.31. The van der Waals surface area contributed by atoms with Crippen LogP contribution in [0.1, 0.15) is 24.2 Å². The van der Waals surface area contributed by atoms with Crippen LogP contribution in [-0.2, 0) is 17.1 Å². The van der Waals surface area contributed by atoms with Crippen LogP contribution in [0.2, 0.25) is 0 Å². The van der Waals surface area contributed by atoms with Gasteiger partial charge in [-0.15, -0.1) is 0 Å². The van der Waals surface area contributed by atoms with Crippen LogP contribution < -0.4 is 15.4 Å². The number of nitrogens with one attached hydrogen (secondary N) is 2. The van der Waals surface area contributed by atoms with Crippen LogP contribution in [0.3, 0.4) is 0 Å². The third kappa shape index (κ3) is 6.39. The lowest BCUT2D eigenvalue weighted by molar-refractivity contribution is 0.0387. The van der Waals surface area contributed by atoms with Crippen molar-refractivity contribution in [2.75, 3.05) is 37.4 Å². The molecule has 5 rings (SSSR count). The number of fused-ring (bicyclic) bond motifs is 2. The van der Waals surface area contributed by atoms with E-state index in [2.05, 4.69) is 15.6 Å². The first kappa shape index (κ1) is 31.0. The summed E-state index contributed by atoms with van der Waals surface area (Å²) in [7, 11) is -0.751. The number of aromatic nitrogens is 2. The van der Waals surface area contributed by atoms with E-state index in [0.717, 1.165) is 10.8 Å². The molecule has 12 nitrogen and oxygen atoms in total. The molecule has 0 fully saturated rings. The molecule has 2 heterocycles. The fraction of sp³-hybridized carbons (Fsp3) is 0.323. The topological polar surface area (TPSA) is 146 Å². The first-order valence-electron chi connectivity index (χ1n) is 14.2. The number of nitrogens with zero attached hydrogens (tertiary/aromatic N) is 4. The largest absolute Gasteiger partial charge is 0.488 e. The highest BCUT2D eigenvalue weighted by atomic mass is 32.2. The number of aryl methyl sites for hydroxylation is 1. The zero-order valence-corrected chi connectivity index (χ0v) is 25.8. The minimum Gasteiger partial charge on any atom is -0.488 e. The second kappa shape index (κ2) is 12.6. The van der Waals surface area contributed by atoms with Gasteiger partial charge < -0.3 is 29.9 Å². The molecule has 1 aromatic heterocycles. The van der Waals surface area contributed by atoms with Crippen molar-refractivity contribution < 1.29 is 27.9 Å². The molecule has 1 aliphatic rings. The quantitative estimate of drug-likeness (QED) is 0.272. The third-order valence-electron chi connectivity index (χ3n) is 7.75. The van der Waals surface area contributed by atoms with E-state index in [1.54, 1.807) is 41.6 Å². The highest BCUT2D eigenvalue weighted by molar-refractivity contribution is 7.89. The average molecular weight is 621 g/mol. The number of anilines is 2. The Hall–Kier alpha value is -4.46. The van der Waals surface area contributed by atoms with Gasteiger partial charge in [0.2, 0.25) is 0 Å². The molecule has 44 heavy (non-hydrogen) atoms. The summed E-state index contributed by atoms with van der Waals surface area (Å²) in [6.45, 7) is 3.54. The van der Waals surface area contributed by atoms with Gasteiger partial charge in [-0.05, 0) is 36.6 Å². The number of aliphatic hydroxyl groups is 1. The van der Waals surface area contributed by atoms with Crippen LogP contribution >= 0.6 is 0 Å². The summed E-state index contributed by atoms with van der Waals surface area (Å²) in [5.41, 5.74) is 1.17. The second-order valence-corrected chi connectivity index (χ2v) is 13.1. The molecule has 0 unspecified atom stereocenters. The van der Waals surface area contributed by atoms with E-state index in [-0.39, 0.29) is 47.9 Å². The molecule has 3 atom stereocenters. The molecule has 3 amide bonds. The summed E-state index contributed by atoms with van der Waals surface area (Å²) >= 11 is 0. The van der Waals surface area contributed by atoms with Crippen LogP contribution in [0.15, 0.2) is 78.2 Å². The normalized spacial score (nSPS) is 17.9. The van der Waals surface area contributed by atoms with Crippen molar-refractivity contribution in [1.29, 1.82) is 0 Å². The average Bonchev–Trinajstić information content (AvgIpc) is 3.46. The minimum absolute atomic E-state index is 0.0114. The summed E-state index contributed by atoms with van der Waals surface area (Å²) in [4.78, 5) is 32.3. The van der Waals surface area contributed by atoms with E-state index in [4.69, 9.17) is 4.74 Å². The maximum absolute atomic E-state index is 13.8. The lowest BCUT2D eigenvalue weighted by Crippen LogP contribution is -2.50. The number of carbonyl (C=O) groups excluding carboxylic acids is 2. The molecular formula is C31H36N6O6S. The van der Waals surface area contributed by atoms with Gasteiger partial charge >= 0.3 is 6.03 Å². The molecule has 232 valence electrons. The van der Waals surface area contributed by atoms with Crippen molar-refractivity contribution in [1.82, 2.24) is 18.8 Å². The molecule has 0 saturated heterocycles. The number of rotatable bonds is 8. The van der Waals surface area contributed by atoms with Crippen molar-refractivity contribution in [3.8, 4) is 5.75 Å². The molecule has 0 aliphatic carbocycles. The van der Waals surface area contributed by atoms with E-state index in [0.29, 0.717) is 11.4 Å². The standard InChI is InChI=1S/C31H36N6O6S/c1-20-15-37(21(2)18-38)30(39)25-14-23(33-31(40)34-26-11-7-9-22-8-5-6-10-24(22)26)12-13-27(25)43-28(20)16-36(4)44(41,42)29-17-35(3)19-32-29/h5-14,17,19-21,28,38H,15-16,18H2,1-4H3,(H2,33,34,40)/t20-,21-,28-/m1/s1. The fourth-order valence-electron chi connectivity index (χ4n) is 5.17. The summed E-state index contributed by atoms with van der Waals surface area (Å²) in [5.74, 6) is -0.434. The SMILES string of the molecule is C[C@@H]1CN([C@H](C)CO)C(=O)c2cc(NC(=O)Nc3cccc4ccccc34)ccc2O[C@@H]1CN(C)S(=O)(=O)c1cn(C)cn1. The van der Waals surface area contributed by atoms with Gasteiger partial charge in [0.15, 0.2) is 5.03 Å². The molecule has 3 aromatic carbocycles. The summed E-state index contributed by atoms with van der Waals surface area (Å²) in [6.07, 6.45) is 2.20. The number of aliphatic hydroxyl groups excluding tert-OH is 1. The maximum Gasteiger partial charge on any atom is 0.323 e. The van der Waals surface area contributed by atoms with Gasteiger partial charge in [0.25, 0.3) is 15.9 Å².